The molecule has 0 saturated carbocycles. The standard InChI is InChI=1S/C52H46N5O.Pt/c1-51(2,3)38-26-36(27-39(31-38)52(4,5)6)37-29-45(55-46(30-37)42-19-11-12-22-47(42)58)35-16-13-15-34(25-35)44-28-33(23-24-53-44)41-20-14-21-43-48-50(56(7)32-54-48)57(49(41)43)40-17-9-8-10-18-40;/h8-24,26-32,58H,1-7H3;/q-1;. The summed E-state index contributed by atoms with van der Waals surface area (Å²) < 4.78 is 4.39. The van der Waals surface area contributed by atoms with Gasteiger partial charge in [-0.15, -0.1) is 24.3 Å². The first-order chi connectivity index (χ1) is 27.8. The molecule has 4 aromatic heterocycles. The molecular formula is C52H46N5OPt-. The maximum Gasteiger partial charge on any atom is 0.145 e. The summed E-state index contributed by atoms with van der Waals surface area (Å²) in [5, 5.41) is 12.1. The predicted molar refractivity (Wildman–Crippen MR) is 238 cm³/mol. The molecule has 0 aliphatic heterocycles. The second-order valence-electron chi connectivity index (χ2n) is 17.3. The van der Waals surface area contributed by atoms with Crippen LogP contribution in [0.2, 0.25) is 0 Å². The summed E-state index contributed by atoms with van der Waals surface area (Å²) in [7, 11) is 2.04. The fourth-order valence-corrected chi connectivity index (χ4v) is 7.86. The molecule has 5 aromatic carbocycles. The van der Waals surface area contributed by atoms with Gasteiger partial charge in [0, 0.05) is 67.9 Å². The molecule has 0 bridgehead atoms. The van der Waals surface area contributed by atoms with Gasteiger partial charge in [-0.05, 0) is 75.0 Å². The van der Waals surface area contributed by atoms with E-state index in [0.717, 1.165) is 72.5 Å². The molecule has 0 aliphatic rings. The number of imidazole rings is 1. The summed E-state index contributed by atoms with van der Waals surface area (Å²) in [6.07, 6.45) is 3.76. The van der Waals surface area contributed by atoms with Crippen LogP contribution in [0.5, 0.6) is 5.75 Å². The molecule has 0 amide bonds. The Bertz CT molecular complexity index is 2970. The largest absolute Gasteiger partial charge is 0.507 e. The fourth-order valence-electron chi connectivity index (χ4n) is 7.86. The number of phenolic OH excluding ortho intramolecular Hbond substituents is 1. The fraction of sp³-hybridized carbons (Fsp3) is 0.173. The first kappa shape index (κ1) is 39.7. The zero-order chi connectivity index (χ0) is 40.3. The molecule has 7 heteroatoms. The summed E-state index contributed by atoms with van der Waals surface area (Å²) in [6, 6.07) is 49.5. The third kappa shape index (κ3) is 7.43. The van der Waals surface area contributed by atoms with Crippen LogP contribution in [0.3, 0.4) is 0 Å². The normalized spacial score (nSPS) is 11.9. The van der Waals surface area contributed by atoms with Crippen LogP contribution in [-0.4, -0.2) is 29.2 Å². The van der Waals surface area contributed by atoms with Gasteiger partial charge in [-0.1, -0.05) is 132 Å². The van der Waals surface area contributed by atoms with Gasteiger partial charge in [0.05, 0.1) is 17.5 Å². The predicted octanol–water partition coefficient (Wildman–Crippen LogP) is 12.7. The number of benzene rings is 5. The summed E-state index contributed by atoms with van der Waals surface area (Å²) in [4.78, 5) is 14.9. The topological polar surface area (TPSA) is 68.8 Å². The minimum atomic E-state index is -0.0451. The van der Waals surface area contributed by atoms with E-state index in [9.17, 15) is 5.11 Å². The number of nitrogens with zero attached hydrogens (tertiary/aromatic N) is 5. The van der Waals surface area contributed by atoms with Crippen molar-refractivity contribution in [2.75, 3.05) is 0 Å². The number of para-hydroxylation sites is 3. The third-order valence-corrected chi connectivity index (χ3v) is 11.1. The van der Waals surface area contributed by atoms with Crippen molar-refractivity contribution in [3.63, 3.8) is 0 Å². The van der Waals surface area contributed by atoms with Crippen LogP contribution in [0.4, 0.5) is 0 Å². The van der Waals surface area contributed by atoms with Gasteiger partial charge >= 0.3 is 0 Å². The molecule has 6 nitrogen and oxygen atoms in total. The smallest absolute Gasteiger partial charge is 0.145 e. The van der Waals surface area contributed by atoms with Crippen molar-refractivity contribution in [1.82, 2.24) is 24.1 Å². The number of aromatic nitrogens is 5. The van der Waals surface area contributed by atoms with Crippen molar-refractivity contribution in [3.8, 4) is 67.5 Å². The van der Waals surface area contributed by atoms with Gasteiger partial charge in [0.2, 0.25) is 0 Å². The maximum absolute atomic E-state index is 11.0. The van der Waals surface area contributed by atoms with E-state index in [-0.39, 0.29) is 37.6 Å². The van der Waals surface area contributed by atoms with E-state index in [0.29, 0.717) is 11.3 Å². The molecule has 1 N–H and O–H groups in total. The average Bonchev–Trinajstić information content (AvgIpc) is 3.77. The van der Waals surface area contributed by atoms with Crippen LogP contribution in [0.25, 0.3) is 83.8 Å². The zero-order valence-corrected chi connectivity index (χ0v) is 36.6. The van der Waals surface area contributed by atoms with Crippen LogP contribution in [0.15, 0.2) is 146 Å². The van der Waals surface area contributed by atoms with Crippen LogP contribution >= 0.6 is 0 Å². The molecule has 4 heterocycles. The van der Waals surface area contributed by atoms with Crippen LogP contribution in [0, 0.1) is 6.07 Å². The first-order valence-electron chi connectivity index (χ1n) is 19.8. The van der Waals surface area contributed by atoms with Crippen molar-refractivity contribution in [2.24, 2.45) is 7.05 Å². The van der Waals surface area contributed by atoms with Crippen molar-refractivity contribution in [2.45, 2.75) is 52.4 Å². The second-order valence-corrected chi connectivity index (χ2v) is 17.3. The molecule has 0 aliphatic carbocycles. The molecule has 9 aromatic rings. The molecular weight excluding hydrogens is 906 g/mol. The van der Waals surface area contributed by atoms with E-state index in [2.05, 4.69) is 148 Å². The molecule has 0 atom stereocenters. The van der Waals surface area contributed by atoms with E-state index < -0.39 is 0 Å². The Labute approximate surface area is 360 Å². The van der Waals surface area contributed by atoms with E-state index in [1.165, 1.54) is 11.1 Å². The Morgan fingerprint density at radius 1 is 0.576 bits per heavy atom. The Morgan fingerprint density at radius 3 is 1.90 bits per heavy atom. The third-order valence-electron chi connectivity index (χ3n) is 11.1. The Morgan fingerprint density at radius 2 is 1.19 bits per heavy atom. The molecule has 0 unspecified atom stereocenters. The SMILES string of the molecule is Cn1cnc2c3cccc(-c4ccnc(-c5[c-]c(-c6cc(-c7cc(C(C)(C)C)cc(C(C)(C)C)c7)cc(-c7ccccc7O)n6)ccc5)c4)c3n(-c3ccccc3)c21.[Pt]. The summed E-state index contributed by atoms with van der Waals surface area (Å²) in [6.45, 7) is 13.5. The molecule has 0 radical (unpaired) electrons. The van der Waals surface area contributed by atoms with Crippen LogP contribution < -0.4 is 0 Å². The molecule has 0 fully saturated rings. The van der Waals surface area contributed by atoms with Gasteiger partial charge in [-0.2, -0.15) is 0 Å². The minimum absolute atomic E-state index is 0. The number of aromatic hydroxyl groups is 1. The van der Waals surface area contributed by atoms with Gasteiger partial charge in [0.15, 0.2) is 0 Å². The Kier molecular flexibility index (Phi) is 10.3. The average molecular weight is 952 g/mol. The minimum Gasteiger partial charge on any atom is -0.507 e. The van der Waals surface area contributed by atoms with Gasteiger partial charge in [0.25, 0.3) is 0 Å². The summed E-state index contributed by atoms with van der Waals surface area (Å²) >= 11 is 0. The van der Waals surface area contributed by atoms with Crippen molar-refractivity contribution >= 4 is 22.1 Å². The summed E-state index contributed by atoms with van der Waals surface area (Å²) in [5.41, 5.74) is 15.5. The molecule has 296 valence electrons. The molecule has 0 spiro atoms. The second kappa shape index (κ2) is 15.2. The van der Waals surface area contributed by atoms with Crippen molar-refractivity contribution < 1.29 is 26.2 Å². The van der Waals surface area contributed by atoms with E-state index in [4.69, 9.17) is 15.0 Å². The van der Waals surface area contributed by atoms with Crippen molar-refractivity contribution in [3.05, 3.63) is 163 Å². The number of rotatable bonds is 6. The van der Waals surface area contributed by atoms with E-state index in [1.54, 1.807) is 6.07 Å². The first-order valence-corrected chi connectivity index (χ1v) is 19.8. The number of pyridine rings is 2. The zero-order valence-electron chi connectivity index (χ0n) is 34.4. The Hall–Kier alpha value is -6.10. The summed E-state index contributed by atoms with van der Waals surface area (Å²) in [5.74, 6) is 0.188. The number of aryl methyl sites for hydroxylation is 1. The number of hydrogen-bond donors (Lipinski definition) is 1. The van der Waals surface area contributed by atoms with Gasteiger partial charge in [-0.3, -0.25) is 14.5 Å². The maximum atomic E-state index is 11.0. The van der Waals surface area contributed by atoms with Gasteiger partial charge in [-0.25, -0.2) is 4.98 Å². The quantitative estimate of drug-likeness (QED) is 0.169. The number of fused-ring (bicyclic) bond motifs is 3. The van der Waals surface area contributed by atoms with E-state index >= 15 is 0 Å². The molecule has 9 rings (SSSR count). The van der Waals surface area contributed by atoms with Gasteiger partial charge < -0.3 is 9.67 Å². The van der Waals surface area contributed by atoms with Crippen LogP contribution in [-0.2, 0) is 38.9 Å². The number of phenols is 1. The van der Waals surface area contributed by atoms with Gasteiger partial charge in [0.1, 0.15) is 16.9 Å². The number of hydrogen-bond acceptors (Lipinski definition) is 4. The van der Waals surface area contributed by atoms with E-state index in [1.807, 2.05) is 56.0 Å². The molecule has 0 saturated heterocycles. The Balaban J connectivity index is 0.00000484. The van der Waals surface area contributed by atoms with Crippen molar-refractivity contribution in [1.29, 1.82) is 0 Å². The molecule has 59 heavy (non-hydrogen) atoms. The van der Waals surface area contributed by atoms with Crippen LogP contribution in [0.1, 0.15) is 52.7 Å². The monoisotopic (exact) mass is 951 g/mol.